The number of ether oxygens (including phenoxy) is 2. The fourth-order valence-electron chi connectivity index (χ4n) is 3.17. The van der Waals surface area contributed by atoms with E-state index in [0.717, 1.165) is 25.4 Å². The van der Waals surface area contributed by atoms with Gasteiger partial charge in [0.15, 0.2) is 5.69 Å². The van der Waals surface area contributed by atoms with Gasteiger partial charge < -0.3 is 13.9 Å². The summed E-state index contributed by atoms with van der Waals surface area (Å²) in [6.07, 6.45) is 8.06. The number of esters is 1. The van der Waals surface area contributed by atoms with Gasteiger partial charge in [-0.1, -0.05) is 19.8 Å². The minimum atomic E-state index is -0.460. The third-order valence-corrected chi connectivity index (χ3v) is 4.60. The molecule has 2 atom stereocenters. The maximum atomic E-state index is 11.5. The molecule has 1 aromatic rings. The summed E-state index contributed by atoms with van der Waals surface area (Å²) in [7, 11) is 1.34. The van der Waals surface area contributed by atoms with E-state index in [2.05, 4.69) is 21.5 Å². The maximum absolute atomic E-state index is 11.5. The first kappa shape index (κ1) is 16.5. The van der Waals surface area contributed by atoms with Crippen LogP contribution in [0.5, 0.6) is 0 Å². The van der Waals surface area contributed by atoms with Gasteiger partial charge in [-0.15, -0.1) is 0 Å². The zero-order chi connectivity index (χ0) is 16.2. The van der Waals surface area contributed by atoms with Crippen LogP contribution >= 0.6 is 0 Å². The van der Waals surface area contributed by atoms with Crippen LogP contribution in [0.3, 0.4) is 0 Å². The standard InChI is InChI=1S/C17H26N2O4/c1-3-4-5-13-8-19(9-15(23-13)12-6-7-12)10-16-18-14(11-22-16)17(20)21-2/h11-13,15H,3-10H2,1-2H3/t13-,15-/m1/s1. The van der Waals surface area contributed by atoms with Crippen LogP contribution in [-0.2, 0) is 16.0 Å². The minimum Gasteiger partial charge on any atom is -0.464 e. The van der Waals surface area contributed by atoms with E-state index in [9.17, 15) is 4.79 Å². The fraction of sp³-hybridized carbons (Fsp3) is 0.765. The molecule has 2 heterocycles. The molecule has 128 valence electrons. The molecule has 6 heteroatoms. The van der Waals surface area contributed by atoms with Crippen LogP contribution in [0.4, 0.5) is 0 Å². The molecule has 0 amide bonds. The summed E-state index contributed by atoms with van der Waals surface area (Å²) in [5.41, 5.74) is 0.233. The number of carbonyl (C=O) groups excluding carboxylic acids is 1. The van der Waals surface area contributed by atoms with Crippen LogP contribution in [0.25, 0.3) is 0 Å². The SMILES string of the molecule is CCCC[C@@H]1CN(Cc2nc(C(=O)OC)co2)C[C@H](C2CC2)O1. The van der Waals surface area contributed by atoms with Crippen LogP contribution < -0.4 is 0 Å². The third-order valence-electron chi connectivity index (χ3n) is 4.60. The summed E-state index contributed by atoms with van der Waals surface area (Å²) in [4.78, 5) is 18.0. The first-order valence-corrected chi connectivity index (χ1v) is 8.60. The molecular formula is C17H26N2O4. The summed E-state index contributed by atoms with van der Waals surface area (Å²) < 4.78 is 16.4. The van der Waals surface area contributed by atoms with Crippen molar-refractivity contribution in [1.29, 1.82) is 0 Å². The summed E-state index contributed by atoms with van der Waals surface area (Å²) >= 11 is 0. The van der Waals surface area contributed by atoms with Crippen LogP contribution in [0.15, 0.2) is 10.7 Å². The Morgan fingerprint density at radius 3 is 2.96 bits per heavy atom. The smallest absolute Gasteiger partial charge is 0.360 e. The van der Waals surface area contributed by atoms with Crippen molar-refractivity contribution >= 4 is 5.97 Å². The average Bonchev–Trinajstić information content (AvgIpc) is 3.32. The quantitative estimate of drug-likeness (QED) is 0.719. The lowest BCUT2D eigenvalue weighted by molar-refractivity contribution is -0.101. The highest BCUT2D eigenvalue weighted by Crippen LogP contribution is 2.37. The molecule has 1 aromatic heterocycles. The normalized spacial score (nSPS) is 25.5. The topological polar surface area (TPSA) is 64.8 Å². The molecule has 0 radical (unpaired) electrons. The van der Waals surface area contributed by atoms with Gasteiger partial charge in [0.25, 0.3) is 0 Å². The van der Waals surface area contributed by atoms with Crippen LogP contribution in [0, 0.1) is 5.92 Å². The molecule has 1 saturated heterocycles. The number of oxazole rings is 1. The van der Waals surface area contributed by atoms with E-state index >= 15 is 0 Å². The molecule has 1 aliphatic carbocycles. The van der Waals surface area contributed by atoms with Crippen molar-refractivity contribution in [3.05, 3.63) is 17.8 Å². The van der Waals surface area contributed by atoms with Gasteiger partial charge in [0.1, 0.15) is 6.26 Å². The first-order chi connectivity index (χ1) is 11.2. The molecule has 0 bridgehead atoms. The van der Waals surface area contributed by atoms with Crippen molar-refractivity contribution < 1.29 is 18.7 Å². The summed E-state index contributed by atoms with van der Waals surface area (Å²) in [6.45, 7) is 4.65. The lowest BCUT2D eigenvalue weighted by Crippen LogP contribution is -2.48. The monoisotopic (exact) mass is 322 g/mol. The van der Waals surface area contributed by atoms with Gasteiger partial charge in [-0.2, -0.15) is 0 Å². The Hall–Kier alpha value is -1.40. The van der Waals surface area contributed by atoms with E-state index in [-0.39, 0.29) is 5.69 Å². The van der Waals surface area contributed by atoms with E-state index in [1.165, 1.54) is 39.1 Å². The van der Waals surface area contributed by atoms with Crippen LogP contribution in [0.2, 0.25) is 0 Å². The Balaban J connectivity index is 1.60. The van der Waals surface area contributed by atoms with E-state index in [1.54, 1.807) is 0 Å². The molecule has 23 heavy (non-hydrogen) atoms. The highest BCUT2D eigenvalue weighted by atomic mass is 16.5. The van der Waals surface area contributed by atoms with Crippen molar-refractivity contribution in [2.75, 3.05) is 20.2 Å². The Bertz CT molecular complexity index is 526. The molecule has 2 aliphatic rings. The van der Waals surface area contributed by atoms with Gasteiger partial charge in [-0.05, 0) is 25.2 Å². The number of aromatic nitrogens is 1. The molecular weight excluding hydrogens is 296 g/mol. The van der Waals surface area contributed by atoms with Crippen molar-refractivity contribution in [3.8, 4) is 0 Å². The van der Waals surface area contributed by atoms with E-state index < -0.39 is 5.97 Å². The molecule has 6 nitrogen and oxygen atoms in total. The Morgan fingerprint density at radius 2 is 2.26 bits per heavy atom. The summed E-state index contributed by atoms with van der Waals surface area (Å²) in [5.74, 6) is 0.826. The molecule has 3 rings (SSSR count). The van der Waals surface area contributed by atoms with Crippen LogP contribution in [0.1, 0.15) is 55.4 Å². The lowest BCUT2D eigenvalue weighted by Gasteiger charge is -2.38. The van der Waals surface area contributed by atoms with Gasteiger partial charge >= 0.3 is 5.97 Å². The maximum Gasteiger partial charge on any atom is 0.360 e. The predicted molar refractivity (Wildman–Crippen MR) is 84.0 cm³/mol. The second-order valence-electron chi connectivity index (χ2n) is 6.59. The zero-order valence-corrected chi connectivity index (χ0v) is 14.0. The van der Waals surface area contributed by atoms with Crippen molar-refractivity contribution in [2.45, 2.75) is 57.8 Å². The van der Waals surface area contributed by atoms with Gasteiger partial charge in [0, 0.05) is 13.1 Å². The largest absolute Gasteiger partial charge is 0.464 e. The van der Waals surface area contributed by atoms with Gasteiger partial charge in [0.05, 0.1) is 25.9 Å². The molecule has 0 unspecified atom stereocenters. The number of nitrogens with zero attached hydrogens (tertiary/aromatic N) is 2. The Labute approximate surface area is 137 Å². The van der Waals surface area contributed by atoms with Crippen molar-refractivity contribution in [3.63, 3.8) is 0 Å². The fourth-order valence-corrected chi connectivity index (χ4v) is 3.17. The number of hydrogen-bond donors (Lipinski definition) is 0. The van der Waals surface area contributed by atoms with Gasteiger partial charge in [-0.25, -0.2) is 9.78 Å². The minimum absolute atomic E-state index is 0.233. The molecule has 1 aliphatic heterocycles. The number of unbranched alkanes of at least 4 members (excludes halogenated alkanes) is 1. The van der Waals surface area contributed by atoms with Crippen molar-refractivity contribution in [1.82, 2.24) is 9.88 Å². The molecule has 0 spiro atoms. The van der Waals surface area contributed by atoms with Crippen LogP contribution in [-0.4, -0.2) is 48.3 Å². The number of hydrogen-bond acceptors (Lipinski definition) is 6. The summed E-state index contributed by atoms with van der Waals surface area (Å²) in [6, 6.07) is 0. The molecule has 1 saturated carbocycles. The second kappa shape index (κ2) is 7.45. The van der Waals surface area contributed by atoms with Crippen molar-refractivity contribution in [2.24, 2.45) is 5.92 Å². The molecule has 0 aromatic carbocycles. The number of morpholine rings is 1. The number of rotatable bonds is 7. The first-order valence-electron chi connectivity index (χ1n) is 8.60. The average molecular weight is 322 g/mol. The second-order valence-corrected chi connectivity index (χ2v) is 6.59. The predicted octanol–water partition coefficient (Wildman–Crippen LogP) is 2.63. The number of methoxy groups -OCH3 is 1. The Kier molecular flexibility index (Phi) is 5.33. The highest BCUT2D eigenvalue weighted by Gasteiger charge is 2.38. The van der Waals surface area contributed by atoms with E-state index in [4.69, 9.17) is 9.15 Å². The lowest BCUT2D eigenvalue weighted by atomic mass is 10.1. The Morgan fingerprint density at radius 1 is 1.43 bits per heavy atom. The summed E-state index contributed by atoms with van der Waals surface area (Å²) in [5, 5.41) is 0. The zero-order valence-electron chi connectivity index (χ0n) is 14.0. The van der Waals surface area contributed by atoms with Gasteiger partial charge in [-0.3, -0.25) is 4.90 Å². The molecule has 0 N–H and O–H groups in total. The van der Waals surface area contributed by atoms with Gasteiger partial charge in [0.2, 0.25) is 5.89 Å². The molecule has 2 fully saturated rings. The number of carbonyl (C=O) groups is 1. The third kappa shape index (κ3) is 4.32. The van der Waals surface area contributed by atoms with E-state index in [0.29, 0.717) is 24.6 Å². The van der Waals surface area contributed by atoms with E-state index in [1.807, 2.05) is 0 Å². The highest BCUT2D eigenvalue weighted by molar-refractivity contribution is 5.86.